The van der Waals surface area contributed by atoms with Crippen molar-refractivity contribution in [1.29, 1.82) is 0 Å². The Kier molecular flexibility index (Phi) is 5.58. The van der Waals surface area contributed by atoms with E-state index in [-0.39, 0.29) is 17.9 Å². The molecule has 3 atom stereocenters. The third-order valence-corrected chi connectivity index (χ3v) is 6.56. The number of rotatable bonds is 4. The molecule has 3 aliphatic rings. The number of nitrogens with zero attached hydrogens (tertiary/aromatic N) is 2. The maximum Gasteiger partial charge on any atom is 0.253 e. The molecule has 6 nitrogen and oxygen atoms in total. The first-order chi connectivity index (χ1) is 13.6. The van der Waals surface area contributed by atoms with E-state index in [2.05, 4.69) is 6.92 Å². The van der Waals surface area contributed by atoms with Crippen LogP contribution in [0.5, 0.6) is 5.75 Å². The van der Waals surface area contributed by atoms with Crippen LogP contribution in [-0.2, 0) is 9.53 Å². The summed E-state index contributed by atoms with van der Waals surface area (Å²) in [6, 6.07) is 7.26. The fraction of sp³-hybridized carbons (Fsp3) is 0.636. The lowest BCUT2D eigenvalue weighted by Gasteiger charge is -2.40. The second-order valence-corrected chi connectivity index (χ2v) is 8.32. The highest BCUT2D eigenvalue weighted by Gasteiger charge is 2.50. The van der Waals surface area contributed by atoms with Crippen LogP contribution in [0.25, 0.3) is 0 Å². The van der Waals surface area contributed by atoms with Crippen LogP contribution < -0.4 is 4.74 Å². The van der Waals surface area contributed by atoms with Crippen molar-refractivity contribution in [3.05, 3.63) is 29.8 Å². The van der Waals surface area contributed by atoms with Gasteiger partial charge < -0.3 is 19.3 Å². The van der Waals surface area contributed by atoms with Gasteiger partial charge in [0, 0.05) is 50.4 Å². The standard InChI is InChI=1S/C22H30N2O4/c1-15-14-23(21(25)17-3-5-18(27-2)6-4-17)9-10-24(15)22(26)20-13-19(20)16-7-11-28-12-8-16/h3-6,15-16,19-20H,7-14H2,1-2H3/t15-,19+,20-/m1/s1. The quantitative estimate of drug-likeness (QED) is 0.798. The Morgan fingerprint density at radius 3 is 2.46 bits per heavy atom. The highest BCUT2D eigenvalue weighted by atomic mass is 16.5. The summed E-state index contributed by atoms with van der Waals surface area (Å²) in [6.45, 7) is 5.53. The first-order valence-electron chi connectivity index (χ1n) is 10.4. The smallest absolute Gasteiger partial charge is 0.253 e. The molecular weight excluding hydrogens is 356 g/mol. The highest BCUT2D eigenvalue weighted by molar-refractivity contribution is 5.94. The fourth-order valence-corrected chi connectivity index (χ4v) is 4.76. The van der Waals surface area contributed by atoms with Crippen molar-refractivity contribution in [1.82, 2.24) is 9.80 Å². The SMILES string of the molecule is COc1ccc(C(=O)N2CCN(C(=O)[C@@H]3C[C@H]3C3CCOCC3)[C@H](C)C2)cc1. The zero-order valence-corrected chi connectivity index (χ0v) is 16.8. The molecule has 28 heavy (non-hydrogen) atoms. The molecule has 0 aromatic heterocycles. The first kappa shape index (κ1) is 19.2. The van der Waals surface area contributed by atoms with Crippen LogP contribution in [0, 0.1) is 17.8 Å². The third kappa shape index (κ3) is 3.88. The molecule has 0 N–H and O–H groups in total. The Morgan fingerprint density at radius 2 is 1.82 bits per heavy atom. The van der Waals surface area contributed by atoms with Crippen molar-refractivity contribution in [3.8, 4) is 5.75 Å². The topological polar surface area (TPSA) is 59.1 Å². The molecule has 152 valence electrons. The van der Waals surface area contributed by atoms with Gasteiger partial charge in [-0.05, 0) is 62.3 Å². The lowest BCUT2D eigenvalue weighted by Crippen LogP contribution is -2.56. The Bertz CT molecular complexity index is 714. The molecule has 3 fully saturated rings. The van der Waals surface area contributed by atoms with Crippen LogP contribution in [-0.4, -0.2) is 67.6 Å². The average Bonchev–Trinajstić information content (AvgIpc) is 3.54. The van der Waals surface area contributed by atoms with E-state index in [4.69, 9.17) is 9.47 Å². The predicted molar refractivity (Wildman–Crippen MR) is 105 cm³/mol. The Hall–Kier alpha value is -2.08. The van der Waals surface area contributed by atoms with Crippen molar-refractivity contribution in [3.63, 3.8) is 0 Å². The molecule has 1 aromatic rings. The first-order valence-corrected chi connectivity index (χ1v) is 10.4. The molecule has 2 aliphatic heterocycles. The molecule has 1 aliphatic carbocycles. The lowest BCUT2D eigenvalue weighted by atomic mass is 9.93. The van der Waals surface area contributed by atoms with E-state index in [1.54, 1.807) is 31.4 Å². The molecule has 1 aromatic carbocycles. The van der Waals surface area contributed by atoms with Gasteiger partial charge in [0.2, 0.25) is 5.91 Å². The Balaban J connectivity index is 1.32. The summed E-state index contributed by atoms with van der Waals surface area (Å²) in [6.07, 6.45) is 3.21. The average molecular weight is 386 g/mol. The molecule has 0 unspecified atom stereocenters. The second kappa shape index (κ2) is 8.11. The van der Waals surface area contributed by atoms with E-state index in [0.717, 1.165) is 38.2 Å². The van der Waals surface area contributed by atoms with Crippen molar-refractivity contribution < 1.29 is 19.1 Å². The van der Waals surface area contributed by atoms with Gasteiger partial charge in [-0.15, -0.1) is 0 Å². The summed E-state index contributed by atoms with van der Waals surface area (Å²) < 4.78 is 10.6. The number of methoxy groups -OCH3 is 1. The maximum absolute atomic E-state index is 13.0. The number of ether oxygens (including phenoxy) is 2. The zero-order chi connectivity index (χ0) is 19.7. The lowest BCUT2D eigenvalue weighted by molar-refractivity contribution is -0.137. The van der Waals surface area contributed by atoms with Gasteiger partial charge in [-0.1, -0.05) is 0 Å². The summed E-state index contributed by atoms with van der Waals surface area (Å²) >= 11 is 0. The molecule has 0 bridgehead atoms. The number of carbonyl (C=O) groups excluding carboxylic acids is 2. The summed E-state index contributed by atoms with van der Waals surface area (Å²) in [5, 5.41) is 0. The number of carbonyl (C=O) groups is 2. The van der Waals surface area contributed by atoms with Crippen molar-refractivity contribution in [2.45, 2.75) is 32.2 Å². The minimum absolute atomic E-state index is 0.0214. The molecule has 2 heterocycles. The number of hydrogen-bond donors (Lipinski definition) is 0. The molecule has 0 spiro atoms. The van der Waals surface area contributed by atoms with E-state index >= 15 is 0 Å². The molecule has 2 saturated heterocycles. The second-order valence-electron chi connectivity index (χ2n) is 8.32. The van der Waals surface area contributed by atoms with E-state index in [1.165, 1.54) is 0 Å². The van der Waals surface area contributed by atoms with Gasteiger partial charge in [-0.3, -0.25) is 9.59 Å². The van der Waals surface area contributed by atoms with Crippen LogP contribution in [0.1, 0.15) is 36.5 Å². The van der Waals surface area contributed by atoms with Gasteiger partial charge in [0.1, 0.15) is 5.75 Å². The molecule has 0 radical (unpaired) electrons. The van der Waals surface area contributed by atoms with Crippen molar-refractivity contribution in [2.75, 3.05) is 40.0 Å². The van der Waals surface area contributed by atoms with E-state index in [0.29, 0.717) is 42.9 Å². The Labute approximate surface area is 166 Å². The van der Waals surface area contributed by atoms with E-state index < -0.39 is 0 Å². The third-order valence-electron chi connectivity index (χ3n) is 6.56. The Morgan fingerprint density at radius 1 is 1.11 bits per heavy atom. The number of amides is 2. The maximum atomic E-state index is 13.0. The predicted octanol–water partition coefficient (Wildman–Crippen LogP) is 2.43. The monoisotopic (exact) mass is 386 g/mol. The molecule has 6 heteroatoms. The molecule has 2 amide bonds. The van der Waals surface area contributed by atoms with Gasteiger partial charge in [-0.25, -0.2) is 0 Å². The van der Waals surface area contributed by atoms with Crippen LogP contribution in [0.2, 0.25) is 0 Å². The summed E-state index contributed by atoms with van der Waals surface area (Å²) in [5.41, 5.74) is 0.662. The van der Waals surface area contributed by atoms with Gasteiger partial charge >= 0.3 is 0 Å². The van der Waals surface area contributed by atoms with Crippen LogP contribution in [0.4, 0.5) is 0 Å². The minimum atomic E-state index is 0.0214. The van der Waals surface area contributed by atoms with Gasteiger partial charge in [0.15, 0.2) is 0 Å². The highest BCUT2D eigenvalue weighted by Crippen LogP contribution is 2.49. The van der Waals surface area contributed by atoms with Crippen molar-refractivity contribution in [2.24, 2.45) is 17.8 Å². The van der Waals surface area contributed by atoms with Crippen LogP contribution in [0.3, 0.4) is 0 Å². The molecule has 1 saturated carbocycles. The summed E-state index contributed by atoms with van der Waals surface area (Å²) in [7, 11) is 1.61. The van der Waals surface area contributed by atoms with Crippen molar-refractivity contribution >= 4 is 11.8 Å². The van der Waals surface area contributed by atoms with Gasteiger partial charge in [-0.2, -0.15) is 0 Å². The fourth-order valence-electron chi connectivity index (χ4n) is 4.76. The molecular formula is C22H30N2O4. The number of hydrogen-bond acceptors (Lipinski definition) is 4. The zero-order valence-electron chi connectivity index (χ0n) is 16.8. The van der Waals surface area contributed by atoms with Gasteiger partial charge in [0.05, 0.1) is 7.11 Å². The normalized spacial score (nSPS) is 28.1. The molecule has 4 rings (SSSR count). The van der Waals surface area contributed by atoms with E-state index in [9.17, 15) is 9.59 Å². The van der Waals surface area contributed by atoms with Crippen LogP contribution in [0.15, 0.2) is 24.3 Å². The minimum Gasteiger partial charge on any atom is -0.497 e. The largest absolute Gasteiger partial charge is 0.497 e. The number of piperazine rings is 1. The number of benzene rings is 1. The summed E-state index contributed by atoms with van der Waals surface area (Å²) in [5.74, 6) is 2.44. The van der Waals surface area contributed by atoms with Gasteiger partial charge in [0.25, 0.3) is 5.91 Å². The summed E-state index contributed by atoms with van der Waals surface area (Å²) in [4.78, 5) is 29.7. The van der Waals surface area contributed by atoms with Crippen LogP contribution >= 0.6 is 0 Å². The van der Waals surface area contributed by atoms with E-state index in [1.807, 2.05) is 9.80 Å².